The van der Waals surface area contributed by atoms with Crippen LogP contribution in [0.4, 0.5) is 0 Å². The average Bonchev–Trinajstić information content (AvgIpc) is 3.27. The molecule has 124 valence electrons. The van der Waals surface area contributed by atoms with Crippen molar-refractivity contribution < 1.29 is 19.0 Å². The molecule has 5 heteroatoms. The molecule has 3 aliphatic rings. The van der Waals surface area contributed by atoms with E-state index in [9.17, 15) is 4.79 Å². The van der Waals surface area contributed by atoms with Crippen molar-refractivity contribution in [3.63, 3.8) is 0 Å². The van der Waals surface area contributed by atoms with Gasteiger partial charge >= 0.3 is 0 Å². The molecule has 4 rings (SSSR count). The molecule has 1 atom stereocenters. The summed E-state index contributed by atoms with van der Waals surface area (Å²) in [6.07, 6.45) is 5.68. The summed E-state index contributed by atoms with van der Waals surface area (Å²) < 4.78 is 16.9. The van der Waals surface area contributed by atoms with Gasteiger partial charge in [-0.15, -0.1) is 0 Å². The zero-order valence-corrected chi connectivity index (χ0v) is 13.3. The highest BCUT2D eigenvalue weighted by Gasteiger charge is 2.39. The van der Waals surface area contributed by atoms with Gasteiger partial charge in [-0.3, -0.25) is 4.79 Å². The van der Waals surface area contributed by atoms with Gasteiger partial charge in [0.15, 0.2) is 11.5 Å². The smallest absolute Gasteiger partial charge is 0.249 e. The molecule has 0 spiro atoms. The second-order valence-corrected chi connectivity index (χ2v) is 6.64. The van der Waals surface area contributed by atoms with E-state index in [1.165, 1.54) is 0 Å². The molecule has 1 unspecified atom stereocenters. The van der Waals surface area contributed by atoms with E-state index in [1.54, 1.807) is 0 Å². The van der Waals surface area contributed by atoms with E-state index in [4.69, 9.17) is 14.2 Å². The van der Waals surface area contributed by atoms with Crippen molar-refractivity contribution in [2.75, 3.05) is 19.8 Å². The molecule has 2 heterocycles. The van der Waals surface area contributed by atoms with Gasteiger partial charge in [0, 0.05) is 6.61 Å². The molecule has 23 heavy (non-hydrogen) atoms. The number of nitrogens with one attached hydrogen (secondary N) is 1. The highest BCUT2D eigenvalue weighted by atomic mass is 16.6. The quantitative estimate of drug-likeness (QED) is 0.931. The normalized spacial score (nSPS) is 25.3. The first-order valence-corrected chi connectivity index (χ1v) is 8.61. The first-order chi connectivity index (χ1) is 11.3. The number of carbonyl (C=O) groups is 1. The minimum Gasteiger partial charge on any atom is -0.486 e. The molecule has 1 saturated heterocycles. The first-order valence-electron chi connectivity index (χ1n) is 8.61. The van der Waals surface area contributed by atoms with Crippen molar-refractivity contribution >= 4 is 5.91 Å². The van der Waals surface area contributed by atoms with Crippen molar-refractivity contribution in [3.8, 4) is 11.5 Å². The molecule has 2 fully saturated rings. The Hall–Kier alpha value is -1.75. The Labute approximate surface area is 136 Å². The summed E-state index contributed by atoms with van der Waals surface area (Å²) in [4.78, 5) is 12.6. The van der Waals surface area contributed by atoms with Crippen LogP contribution in [0.15, 0.2) is 18.2 Å². The van der Waals surface area contributed by atoms with Crippen LogP contribution in [-0.4, -0.2) is 31.8 Å². The summed E-state index contributed by atoms with van der Waals surface area (Å²) in [5.41, 5.74) is 0.824. The topological polar surface area (TPSA) is 56.8 Å². The number of amides is 1. The largest absolute Gasteiger partial charge is 0.486 e. The van der Waals surface area contributed by atoms with Crippen LogP contribution in [0.2, 0.25) is 0 Å². The second-order valence-electron chi connectivity index (χ2n) is 6.64. The summed E-state index contributed by atoms with van der Waals surface area (Å²) in [7, 11) is 0. The van der Waals surface area contributed by atoms with E-state index < -0.39 is 0 Å². The fourth-order valence-electron chi connectivity index (χ4n) is 3.91. The van der Waals surface area contributed by atoms with Crippen molar-refractivity contribution in [3.05, 3.63) is 23.8 Å². The van der Waals surface area contributed by atoms with E-state index in [1.807, 2.05) is 12.1 Å². The van der Waals surface area contributed by atoms with E-state index in [2.05, 4.69) is 11.4 Å². The Bertz CT molecular complexity index is 589. The van der Waals surface area contributed by atoms with Crippen LogP contribution in [0.5, 0.6) is 11.5 Å². The van der Waals surface area contributed by atoms with Gasteiger partial charge in [-0.05, 0) is 43.4 Å². The summed E-state index contributed by atoms with van der Waals surface area (Å²) >= 11 is 0. The number of hydrogen-bond donors (Lipinski definition) is 1. The SMILES string of the molecule is O=C(NC1(c2ccc3c(c2)OCCO3)CCCC1)C1CCCO1. The molecule has 1 aliphatic carbocycles. The van der Waals surface area contributed by atoms with Crippen LogP contribution in [-0.2, 0) is 15.1 Å². The van der Waals surface area contributed by atoms with Crippen LogP contribution in [0.1, 0.15) is 44.1 Å². The zero-order valence-electron chi connectivity index (χ0n) is 13.3. The van der Waals surface area contributed by atoms with E-state index in [-0.39, 0.29) is 17.6 Å². The van der Waals surface area contributed by atoms with E-state index in [0.29, 0.717) is 19.8 Å². The third-order valence-corrected chi connectivity index (χ3v) is 5.14. The molecule has 1 saturated carbocycles. The van der Waals surface area contributed by atoms with E-state index in [0.717, 1.165) is 55.6 Å². The third kappa shape index (κ3) is 2.78. The van der Waals surface area contributed by atoms with Crippen LogP contribution in [0, 0.1) is 0 Å². The lowest BCUT2D eigenvalue weighted by atomic mass is 9.87. The Kier molecular flexibility index (Phi) is 3.89. The summed E-state index contributed by atoms with van der Waals surface area (Å²) in [6.45, 7) is 1.86. The Morgan fingerprint density at radius 1 is 1.04 bits per heavy atom. The average molecular weight is 317 g/mol. The summed E-state index contributed by atoms with van der Waals surface area (Å²) in [6, 6.07) is 6.06. The van der Waals surface area contributed by atoms with Gasteiger partial charge in [0.05, 0.1) is 5.54 Å². The van der Waals surface area contributed by atoms with Crippen LogP contribution in [0.3, 0.4) is 0 Å². The molecule has 1 N–H and O–H groups in total. The molecule has 1 amide bonds. The zero-order chi connectivity index (χ0) is 15.7. The monoisotopic (exact) mass is 317 g/mol. The predicted octanol–water partition coefficient (Wildman–Crippen LogP) is 2.52. The number of rotatable bonds is 3. The molecule has 2 aliphatic heterocycles. The minimum absolute atomic E-state index is 0.0271. The maximum atomic E-state index is 12.6. The summed E-state index contributed by atoms with van der Waals surface area (Å²) in [5, 5.41) is 3.30. The second kappa shape index (κ2) is 6.04. The Morgan fingerprint density at radius 2 is 1.83 bits per heavy atom. The van der Waals surface area contributed by atoms with Crippen LogP contribution >= 0.6 is 0 Å². The van der Waals surface area contributed by atoms with Gasteiger partial charge in [-0.25, -0.2) is 0 Å². The maximum Gasteiger partial charge on any atom is 0.249 e. The van der Waals surface area contributed by atoms with Gasteiger partial charge < -0.3 is 19.5 Å². The lowest BCUT2D eigenvalue weighted by Crippen LogP contribution is -2.48. The molecule has 0 radical (unpaired) electrons. The lowest BCUT2D eigenvalue weighted by Gasteiger charge is -2.33. The maximum absolute atomic E-state index is 12.6. The fraction of sp³-hybridized carbons (Fsp3) is 0.611. The number of hydrogen-bond acceptors (Lipinski definition) is 4. The van der Waals surface area contributed by atoms with E-state index >= 15 is 0 Å². The lowest BCUT2D eigenvalue weighted by molar-refractivity contribution is -0.132. The number of benzene rings is 1. The highest BCUT2D eigenvalue weighted by Crippen LogP contribution is 2.42. The molecule has 1 aromatic carbocycles. The molecule has 0 bridgehead atoms. The Balaban J connectivity index is 1.60. The van der Waals surface area contributed by atoms with Gasteiger partial charge in [0.1, 0.15) is 19.3 Å². The highest BCUT2D eigenvalue weighted by molar-refractivity contribution is 5.82. The fourth-order valence-corrected chi connectivity index (χ4v) is 3.91. The van der Waals surface area contributed by atoms with Gasteiger partial charge in [-0.1, -0.05) is 18.9 Å². The Morgan fingerprint density at radius 3 is 2.57 bits per heavy atom. The predicted molar refractivity (Wildman–Crippen MR) is 84.7 cm³/mol. The van der Waals surface area contributed by atoms with Crippen LogP contribution < -0.4 is 14.8 Å². The molecular formula is C18H23NO4. The third-order valence-electron chi connectivity index (χ3n) is 5.14. The molecule has 1 aromatic rings. The summed E-state index contributed by atoms with van der Waals surface area (Å²) in [5.74, 6) is 1.60. The number of carbonyl (C=O) groups excluding carboxylic acids is 1. The number of fused-ring (bicyclic) bond motifs is 1. The van der Waals surface area contributed by atoms with Crippen molar-refractivity contribution in [2.45, 2.75) is 50.2 Å². The molecule has 0 aromatic heterocycles. The minimum atomic E-state index is -0.293. The van der Waals surface area contributed by atoms with Gasteiger partial charge in [0.2, 0.25) is 5.91 Å². The van der Waals surface area contributed by atoms with Crippen molar-refractivity contribution in [1.82, 2.24) is 5.32 Å². The standard InChI is InChI=1S/C18H23NO4/c20-17(15-4-3-9-21-15)19-18(7-1-2-8-18)13-5-6-14-16(12-13)23-11-10-22-14/h5-6,12,15H,1-4,7-11H2,(H,19,20). The van der Waals surface area contributed by atoms with Gasteiger partial charge in [0.25, 0.3) is 0 Å². The van der Waals surface area contributed by atoms with Crippen molar-refractivity contribution in [2.24, 2.45) is 0 Å². The number of ether oxygens (including phenoxy) is 3. The molecule has 5 nitrogen and oxygen atoms in total. The first kappa shape index (κ1) is 14.8. The molecular weight excluding hydrogens is 294 g/mol. The van der Waals surface area contributed by atoms with Gasteiger partial charge in [-0.2, -0.15) is 0 Å². The van der Waals surface area contributed by atoms with Crippen LogP contribution in [0.25, 0.3) is 0 Å². The van der Waals surface area contributed by atoms with Crippen molar-refractivity contribution in [1.29, 1.82) is 0 Å².